The second kappa shape index (κ2) is 6.06. The van der Waals surface area contributed by atoms with Gasteiger partial charge in [-0.3, -0.25) is 0 Å². The van der Waals surface area contributed by atoms with Crippen LogP contribution in [0.4, 0.5) is 5.69 Å². The summed E-state index contributed by atoms with van der Waals surface area (Å²) in [6.07, 6.45) is 6.74. The predicted molar refractivity (Wildman–Crippen MR) is 74.6 cm³/mol. The van der Waals surface area contributed by atoms with Crippen molar-refractivity contribution in [2.45, 2.75) is 38.1 Å². The lowest BCUT2D eigenvalue weighted by molar-refractivity contribution is 0.427. The highest BCUT2D eigenvalue weighted by Gasteiger charge is 2.12. The first-order valence-electron chi connectivity index (χ1n) is 6.78. The largest absolute Gasteiger partial charge is 0.378 e. The van der Waals surface area contributed by atoms with Crippen LogP contribution in [0.5, 0.6) is 0 Å². The third-order valence-electron chi connectivity index (χ3n) is 3.62. The summed E-state index contributed by atoms with van der Waals surface area (Å²) >= 11 is 0. The Kier molecular flexibility index (Phi) is 4.43. The van der Waals surface area contributed by atoms with E-state index in [1.165, 1.54) is 49.9 Å². The Labute approximate surface area is 105 Å². The van der Waals surface area contributed by atoms with Crippen LogP contribution >= 0.6 is 0 Å². The van der Waals surface area contributed by atoms with Gasteiger partial charge in [0.25, 0.3) is 0 Å². The van der Waals surface area contributed by atoms with Crippen molar-refractivity contribution in [2.75, 3.05) is 25.5 Å². The van der Waals surface area contributed by atoms with Crippen LogP contribution in [0.25, 0.3) is 0 Å². The fourth-order valence-corrected chi connectivity index (χ4v) is 2.49. The number of hydrogen-bond donors (Lipinski definition) is 1. The summed E-state index contributed by atoms with van der Waals surface area (Å²) in [4.78, 5) is 2.15. The third kappa shape index (κ3) is 3.47. The molecule has 0 bridgehead atoms. The van der Waals surface area contributed by atoms with Gasteiger partial charge >= 0.3 is 0 Å². The topological polar surface area (TPSA) is 15.3 Å². The number of nitrogens with one attached hydrogen (secondary N) is 1. The van der Waals surface area contributed by atoms with E-state index in [4.69, 9.17) is 0 Å². The van der Waals surface area contributed by atoms with Gasteiger partial charge in [0.15, 0.2) is 0 Å². The highest BCUT2D eigenvalue weighted by molar-refractivity contribution is 5.46. The summed E-state index contributed by atoms with van der Waals surface area (Å²) in [5, 5.41) is 3.67. The third-order valence-corrected chi connectivity index (χ3v) is 3.62. The van der Waals surface area contributed by atoms with Crippen molar-refractivity contribution in [3.63, 3.8) is 0 Å². The number of hydrogen-bond acceptors (Lipinski definition) is 2. The quantitative estimate of drug-likeness (QED) is 0.841. The van der Waals surface area contributed by atoms with Crippen LogP contribution < -0.4 is 10.2 Å². The zero-order chi connectivity index (χ0) is 12.1. The summed E-state index contributed by atoms with van der Waals surface area (Å²) < 4.78 is 0. The van der Waals surface area contributed by atoms with Crippen molar-refractivity contribution >= 4 is 5.69 Å². The number of rotatable bonds is 2. The second-order valence-electron chi connectivity index (χ2n) is 5.20. The zero-order valence-corrected chi connectivity index (χ0v) is 11.1. The molecule has 1 fully saturated rings. The monoisotopic (exact) mass is 232 g/mol. The molecule has 2 heteroatoms. The van der Waals surface area contributed by atoms with E-state index in [1.54, 1.807) is 0 Å². The minimum Gasteiger partial charge on any atom is -0.378 e. The minimum atomic E-state index is 0.562. The van der Waals surface area contributed by atoms with Crippen molar-refractivity contribution in [1.29, 1.82) is 0 Å². The van der Waals surface area contributed by atoms with Crippen LogP contribution in [0.3, 0.4) is 0 Å². The molecule has 1 aromatic rings. The Morgan fingerprint density at radius 2 is 1.71 bits per heavy atom. The fourth-order valence-electron chi connectivity index (χ4n) is 2.49. The lowest BCUT2D eigenvalue weighted by Gasteiger charge is -2.22. The highest BCUT2D eigenvalue weighted by Crippen LogP contribution is 2.24. The molecule has 1 heterocycles. The highest BCUT2D eigenvalue weighted by atomic mass is 15.1. The van der Waals surface area contributed by atoms with Gasteiger partial charge in [-0.1, -0.05) is 31.4 Å². The molecule has 2 rings (SSSR count). The molecular formula is C15H24N2. The lowest BCUT2D eigenvalue weighted by atomic mass is 9.97. The molecule has 0 aromatic heterocycles. The molecule has 1 aromatic carbocycles. The first kappa shape index (κ1) is 12.4. The van der Waals surface area contributed by atoms with E-state index in [2.05, 4.69) is 48.6 Å². The average molecular weight is 232 g/mol. The van der Waals surface area contributed by atoms with Gasteiger partial charge in [-0.2, -0.15) is 0 Å². The van der Waals surface area contributed by atoms with Gasteiger partial charge in [0.1, 0.15) is 0 Å². The van der Waals surface area contributed by atoms with Gasteiger partial charge in [-0.05, 0) is 37.1 Å². The molecule has 0 aliphatic carbocycles. The van der Waals surface area contributed by atoms with Crippen molar-refractivity contribution in [2.24, 2.45) is 0 Å². The van der Waals surface area contributed by atoms with Crippen molar-refractivity contribution in [1.82, 2.24) is 5.32 Å². The summed E-state index contributed by atoms with van der Waals surface area (Å²) in [5.74, 6) is 0. The predicted octanol–water partition coefficient (Wildman–Crippen LogP) is 3.35. The number of nitrogens with zero attached hydrogens (tertiary/aromatic N) is 1. The van der Waals surface area contributed by atoms with E-state index in [-0.39, 0.29) is 0 Å². The molecule has 1 aliphatic rings. The summed E-state index contributed by atoms with van der Waals surface area (Å²) in [7, 11) is 4.17. The van der Waals surface area contributed by atoms with E-state index in [1.807, 2.05) is 0 Å². The Balaban J connectivity index is 2.04. The SMILES string of the molecule is CN(C)c1ccc(C2CCCCCCN2)cc1. The molecular weight excluding hydrogens is 208 g/mol. The Hall–Kier alpha value is -1.02. The van der Waals surface area contributed by atoms with Gasteiger partial charge in [0, 0.05) is 25.8 Å². The van der Waals surface area contributed by atoms with Crippen LogP contribution in [-0.2, 0) is 0 Å². The molecule has 0 saturated carbocycles. The first-order chi connectivity index (χ1) is 8.27. The Morgan fingerprint density at radius 1 is 1.00 bits per heavy atom. The maximum absolute atomic E-state index is 3.67. The molecule has 0 amide bonds. The lowest BCUT2D eigenvalue weighted by Crippen LogP contribution is -2.24. The molecule has 1 aliphatic heterocycles. The molecule has 1 saturated heterocycles. The van der Waals surface area contributed by atoms with Gasteiger partial charge in [0.2, 0.25) is 0 Å². The van der Waals surface area contributed by atoms with Gasteiger partial charge in [-0.25, -0.2) is 0 Å². The maximum Gasteiger partial charge on any atom is 0.0361 e. The summed E-state index contributed by atoms with van der Waals surface area (Å²) in [6, 6.07) is 9.54. The maximum atomic E-state index is 3.67. The minimum absolute atomic E-state index is 0.562. The first-order valence-corrected chi connectivity index (χ1v) is 6.78. The smallest absolute Gasteiger partial charge is 0.0361 e. The standard InChI is InChI=1S/C15H24N2/c1-17(2)14-10-8-13(9-11-14)15-7-5-3-4-6-12-16-15/h8-11,15-16H,3-7,12H2,1-2H3. The normalized spacial score (nSPS) is 21.6. The van der Waals surface area contributed by atoms with E-state index in [9.17, 15) is 0 Å². The van der Waals surface area contributed by atoms with E-state index < -0.39 is 0 Å². The van der Waals surface area contributed by atoms with Gasteiger partial charge < -0.3 is 10.2 Å². The molecule has 2 nitrogen and oxygen atoms in total. The molecule has 0 radical (unpaired) electrons. The van der Waals surface area contributed by atoms with Crippen LogP contribution in [-0.4, -0.2) is 20.6 Å². The molecule has 94 valence electrons. The summed E-state index contributed by atoms with van der Waals surface area (Å²) in [5.41, 5.74) is 2.72. The van der Waals surface area contributed by atoms with E-state index in [0.717, 1.165) is 0 Å². The molecule has 17 heavy (non-hydrogen) atoms. The molecule has 1 atom stereocenters. The van der Waals surface area contributed by atoms with Crippen molar-refractivity contribution < 1.29 is 0 Å². The molecule has 0 spiro atoms. The zero-order valence-electron chi connectivity index (χ0n) is 11.1. The Bertz CT molecular complexity index is 321. The second-order valence-corrected chi connectivity index (χ2v) is 5.20. The summed E-state index contributed by atoms with van der Waals surface area (Å²) in [6.45, 7) is 1.17. The van der Waals surface area contributed by atoms with E-state index in [0.29, 0.717) is 6.04 Å². The van der Waals surface area contributed by atoms with Gasteiger partial charge in [0.05, 0.1) is 0 Å². The van der Waals surface area contributed by atoms with Crippen LogP contribution in [0, 0.1) is 0 Å². The Morgan fingerprint density at radius 3 is 2.41 bits per heavy atom. The fraction of sp³-hybridized carbons (Fsp3) is 0.600. The number of benzene rings is 1. The van der Waals surface area contributed by atoms with Crippen LogP contribution in [0.15, 0.2) is 24.3 Å². The van der Waals surface area contributed by atoms with Crippen LogP contribution in [0.1, 0.15) is 43.7 Å². The molecule has 1 N–H and O–H groups in total. The van der Waals surface area contributed by atoms with Crippen molar-refractivity contribution in [3.05, 3.63) is 29.8 Å². The van der Waals surface area contributed by atoms with Gasteiger partial charge in [-0.15, -0.1) is 0 Å². The van der Waals surface area contributed by atoms with E-state index >= 15 is 0 Å². The van der Waals surface area contributed by atoms with Crippen molar-refractivity contribution in [3.8, 4) is 0 Å². The molecule has 1 unspecified atom stereocenters. The van der Waals surface area contributed by atoms with Crippen LogP contribution in [0.2, 0.25) is 0 Å². The number of anilines is 1. The average Bonchev–Trinajstić information content (AvgIpc) is 2.29.